The second kappa shape index (κ2) is 5.36. The lowest BCUT2D eigenvalue weighted by atomic mass is 10.2. The number of rotatable bonds is 3. The topological polar surface area (TPSA) is 43.1 Å². The zero-order valence-corrected chi connectivity index (χ0v) is 12.0. The Balaban J connectivity index is 1.84. The highest BCUT2D eigenvalue weighted by atomic mass is 35.5. The molecule has 3 rings (SSSR count). The molecular weight excluding hydrogens is 303 g/mol. The molecule has 1 aromatic carbocycles. The molecule has 0 atom stereocenters. The summed E-state index contributed by atoms with van der Waals surface area (Å²) < 4.78 is 1.47. The van der Waals surface area contributed by atoms with Gasteiger partial charge in [0, 0.05) is 11.8 Å². The van der Waals surface area contributed by atoms with E-state index in [9.17, 15) is 0 Å². The van der Waals surface area contributed by atoms with E-state index in [-0.39, 0.29) is 0 Å². The van der Waals surface area contributed by atoms with Crippen LogP contribution < -0.4 is 0 Å². The maximum atomic E-state index is 6.02. The Kier molecular flexibility index (Phi) is 3.59. The average Bonchev–Trinajstić information content (AvgIpc) is 2.81. The number of fused-ring (bicyclic) bond motifs is 1. The first-order chi connectivity index (χ1) is 9.22. The van der Waals surface area contributed by atoms with Crippen LogP contribution >= 0.6 is 35.0 Å². The van der Waals surface area contributed by atoms with Gasteiger partial charge in [-0.3, -0.25) is 0 Å². The fourth-order valence-electron chi connectivity index (χ4n) is 1.57. The maximum Gasteiger partial charge on any atom is 0.256 e. The van der Waals surface area contributed by atoms with Gasteiger partial charge in [-0.1, -0.05) is 65.3 Å². The number of halogens is 2. The Morgan fingerprint density at radius 2 is 1.89 bits per heavy atom. The van der Waals surface area contributed by atoms with Gasteiger partial charge in [-0.15, -0.1) is 5.10 Å². The Labute approximate surface area is 123 Å². The Hall–Kier alpha value is -1.30. The SMILES string of the molecule is Clc1cc(Cl)n2nc(SCc3ccccc3)nc2n1. The van der Waals surface area contributed by atoms with E-state index < -0.39 is 0 Å². The van der Waals surface area contributed by atoms with Crippen molar-refractivity contribution in [3.63, 3.8) is 0 Å². The summed E-state index contributed by atoms with van der Waals surface area (Å²) in [6.07, 6.45) is 0. The molecule has 0 spiro atoms. The lowest BCUT2D eigenvalue weighted by Crippen LogP contribution is -1.92. The van der Waals surface area contributed by atoms with E-state index in [1.807, 2.05) is 18.2 Å². The first-order valence-electron chi connectivity index (χ1n) is 5.48. The highest BCUT2D eigenvalue weighted by Crippen LogP contribution is 2.22. The second-order valence-corrected chi connectivity index (χ2v) is 5.50. The van der Waals surface area contributed by atoms with Gasteiger partial charge >= 0.3 is 0 Å². The van der Waals surface area contributed by atoms with Crippen LogP contribution in [0.3, 0.4) is 0 Å². The summed E-state index contributed by atoms with van der Waals surface area (Å²) in [5.74, 6) is 1.20. The highest BCUT2D eigenvalue weighted by Gasteiger charge is 2.09. The maximum absolute atomic E-state index is 6.02. The van der Waals surface area contributed by atoms with Gasteiger partial charge in [0.1, 0.15) is 10.3 Å². The summed E-state index contributed by atoms with van der Waals surface area (Å²) in [4.78, 5) is 8.35. The van der Waals surface area contributed by atoms with Crippen molar-refractivity contribution in [3.05, 3.63) is 52.3 Å². The minimum atomic E-state index is 0.310. The van der Waals surface area contributed by atoms with Gasteiger partial charge in [0.05, 0.1) is 0 Å². The van der Waals surface area contributed by atoms with Crippen molar-refractivity contribution in [2.75, 3.05) is 0 Å². The summed E-state index contributed by atoms with van der Waals surface area (Å²) in [5, 5.41) is 5.62. The largest absolute Gasteiger partial charge is 0.256 e. The van der Waals surface area contributed by atoms with Crippen molar-refractivity contribution in [2.45, 2.75) is 10.9 Å². The predicted octanol–water partition coefficient (Wildman–Crippen LogP) is 3.72. The Morgan fingerprint density at radius 1 is 1.11 bits per heavy atom. The lowest BCUT2D eigenvalue weighted by molar-refractivity contribution is 0.880. The summed E-state index contributed by atoms with van der Waals surface area (Å²) >= 11 is 13.4. The number of aromatic nitrogens is 4. The van der Waals surface area contributed by atoms with Gasteiger partial charge in [0.25, 0.3) is 5.78 Å². The monoisotopic (exact) mass is 310 g/mol. The molecule has 0 saturated heterocycles. The van der Waals surface area contributed by atoms with Crippen molar-refractivity contribution in [1.82, 2.24) is 19.6 Å². The second-order valence-electron chi connectivity index (χ2n) is 3.78. The van der Waals surface area contributed by atoms with Gasteiger partial charge in [0.15, 0.2) is 0 Å². The summed E-state index contributed by atoms with van der Waals surface area (Å²) in [6.45, 7) is 0. The molecule has 2 heterocycles. The van der Waals surface area contributed by atoms with E-state index in [1.165, 1.54) is 27.9 Å². The molecule has 3 aromatic rings. The van der Waals surface area contributed by atoms with E-state index in [2.05, 4.69) is 27.2 Å². The average molecular weight is 311 g/mol. The third kappa shape index (κ3) is 2.83. The van der Waals surface area contributed by atoms with Crippen LogP contribution in [0.25, 0.3) is 5.78 Å². The van der Waals surface area contributed by atoms with E-state index >= 15 is 0 Å². The van der Waals surface area contributed by atoms with Gasteiger partial charge in [-0.25, -0.2) is 0 Å². The zero-order chi connectivity index (χ0) is 13.2. The molecule has 0 bridgehead atoms. The van der Waals surface area contributed by atoms with Gasteiger partial charge in [0.2, 0.25) is 5.16 Å². The van der Waals surface area contributed by atoms with E-state index in [0.29, 0.717) is 21.2 Å². The molecule has 0 amide bonds. The fraction of sp³-hybridized carbons (Fsp3) is 0.0833. The van der Waals surface area contributed by atoms with Crippen LogP contribution in [-0.4, -0.2) is 19.6 Å². The Bertz CT molecular complexity index is 714. The zero-order valence-electron chi connectivity index (χ0n) is 9.62. The van der Waals surface area contributed by atoms with E-state index in [1.54, 1.807) is 0 Å². The summed E-state index contributed by atoms with van der Waals surface area (Å²) in [7, 11) is 0. The van der Waals surface area contributed by atoms with Crippen LogP contribution in [0, 0.1) is 0 Å². The number of thioether (sulfide) groups is 1. The smallest absolute Gasteiger partial charge is 0.199 e. The molecule has 4 nitrogen and oxygen atoms in total. The van der Waals surface area contributed by atoms with Crippen molar-refractivity contribution >= 4 is 40.7 Å². The fourth-order valence-corrected chi connectivity index (χ4v) is 2.80. The first kappa shape index (κ1) is 12.7. The van der Waals surface area contributed by atoms with Crippen LogP contribution in [0.2, 0.25) is 10.3 Å². The summed E-state index contributed by atoms with van der Waals surface area (Å²) in [6, 6.07) is 11.7. The van der Waals surface area contributed by atoms with Gasteiger partial charge < -0.3 is 0 Å². The van der Waals surface area contributed by atoms with Crippen molar-refractivity contribution < 1.29 is 0 Å². The minimum Gasteiger partial charge on any atom is -0.199 e. The molecule has 7 heteroatoms. The molecule has 0 unspecified atom stereocenters. The molecule has 0 saturated carbocycles. The third-order valence-electron chi connectivity index (χ3n) is 2.43. The van der Waals surface area contributed by atoms with Gasteiger partial charge in [-0.05, 0) is 5.56 Å². The normalized spacial score (nSPS) is 11.1. The van der Waals surface area contributed by atoms with Gasteiger partial charge in [-0.2, -0.15) is 14.5 Å². The summed E-state index contributed by atoms with van der Waals surface area (Å²) in [5.41, 5.74) is 1.21. The minimum absolute atomic E-state index is 0.310. The first-order valence-corrected chi connectivity index (χ1v) is 7.22. The molecule has 2 aromatic heterocycles. The van der Waals surface area contributed by atoms with Crippen LogP contribution in [0.4, 0.5) is 0 Å². The number of nitrogens with zero attached hydrogens (tertiary/aromatic N) is 4. The molecule has 96 valence electrons. The van der Waals surface area contributed by atoms with Crippen molar-refractivity contribution in [1.29, 1.82) is 0 Å². The molecule has 0 aliphatic heterocycles. The van der Waals surface area contributed by atoms with Crippen molar-refractivity contribution in [2.24, 2.45) is 0 Å². The molecule has 19 heavy (non-hydrogen) atoms. The number of benzene rings is 1. The lowest BCUT2D eigenvalue weighted by Gasteiger charge is -1.96. The quantitative estimate of drug-likeness (QED) is 0.546. The highest BCUT2D eigenvalue weighted by molar-refractivity contribution is 7.98. The van der Waals surface area contributed by atoms with E-state index in [4.69, 9.17) is 23.2 Å². The van der Waals surface area contributed by atoms with Crippen LogP contribution in [0.1, 0.15) is 5.56 Å². The number of hydrogen-bond donors (Lipinski definition) is 0. The molecule has 0 N–H and O–H groups in total. The molecule has 0 radical (unpaired) electrons. The molecule has 0 aliphatic rings. The standard InChI is InChI=1S/C12H8Cl2N4S/c13-9-6-10(14)18-11(15-9)16-12(17-18)19-7-8-4-2-1-3-5-8/h1-6H,7H2. The third-order valence-corrected chi connectivity index (χ3v) is 3.80. The van der Waals surface area contributed by atoms with E-state index in [0.717, 1.165) is 5.75 Å². The van der Waals surface area contributed by atoms with Crippen LogP contribution in [0.5, 0.6) is 0 Å². The van der Waals surface area contributed by atoms with Crippen molar-refractivity contribution in [3.8, 4) is 0 Å². The molecular formula is C12H8Cl2N4S. The molecule has 0 fully saturated rings. The molecule has 0 aliphatic carbocycles. The van der Waals surface area contributed by atoms with Crippen LogP contribution in [0.15, 0.2) is 41.6 Å². The number of hydrogen-bond acceptors (Lipinski definition) is 4. The Morgan fingerprint density at radius 3 is 2.68 bits per heavy atom. The van der Waals surface area contributed by atoms with Crippen LogP contribution in [-0.2, 0) is 5.75 Å². The predicted molar refractivity (Wildman–Crippen MR) is 76.8 cm³/mol.